The fraction of sp³-hybridized carbons (Fsp3) is 0.381. The van der Waals surface area contributed by atoms with Crippen LogP contribution in [-0.4, -0.2) is 29.8 Å². The van der Waals surface area contributed by atoms with E-state index in [1.807, 2.05) is 20.0 Å². The Morgan fingerprint density at radius 2 is 2.04 bits per heavy atom. The van der Waals surface area contributed by atoms with Gasteiger partial charge in [0.2, 0.25) is 5.95 Å². The number of hydrogen-bond acceptors (Lipinski definition) is 5. The highest BCUT2D eigenvalue weighted by Crippen LogP contribution is 2.37. The van der Waals surface area contributed by atoms with Crippen molar-refractivity contribution in [2.24, 2.45) is 12.8 Å². The zero-order valence-electron chi connectivity index (χ0n) is 17.1. The molecule has 0 saturated carbocycles. The third kappa shape index (κ3) is 3.82. The Bertz CT molecular complexity index is 996. The number of aromatic nitrogens is 2. The summed E-state index contributed by atoms with van der Waals surface area (Å²) >= 11 is 3.53. The summed E-state index contributed by atoms with van der Waals surface area (Å²) in [5.74, 6) is 1.91. The molecule has 0 saturated heterocycles. The first kappa shape index (κ1) is 20.5. The molecule has 7 heteroatoms. The van der Waals surface area contributed by atoms with Crippen LogP contribution in [0, 0.1) is 6.92 Å². The molecular weight excluding hydrogens is 418 g/mol. The molecule has 0 aliphatic heterocycles. The van der Waals surface area contributed by atoms with E-state index in [1.165, 1.54) is 5.56 Å². The molecule has 1 heterocycles. The number of ether oxygens (including phenoxy) is 1. The minimum atomic E-state index is 0.373. The summed E-state index contributed by atoms with van der Waals surface area (Å²) in [4.78, 5) is 4.95. The molecule has 0 radical (unpaired) electrons. The number of imidazole rings is 1. The Morgan fingerprint density at radius 3 is 2.68 bits per heavy atom. The van der Waals surface area contributed by atoms with Crippen LogP contribution in [0.4, 0.5) is 17.3 Å². The first-order valence-corrected chi connectivity index (χ1v) is 10.2. The number of methoxy groups -OCH3 is 1. The minimum Gasteiger partial charge on any atom is -0.495 e. The Hall–Kier alpha value is -2.25. The van der Waals surface area contributed by atoms with E-state index in [0.29, 0.717) is 19.0 Å². The van der Waals surface area contributed by atoms with Gasteiger partial charge in [0.1, 0.15) is 5.75 Å². The monoisotopic (exact) mass is 445 g/mol. The lowest BCUT2D eigenvalue weighted by atomic mass is 10.0. The highest BCUT2D eigenvalue weighted by molar-refractivity contribution is 9.10. The molecule has 2 aromatic carbocycles. The Kier molecular flexibility index (Phi) is 6.15. The topological polar surface area (TPSA) is 77.1 Å². The van der Waals surface area contributed by atoms with Crippen LogP contribution in [0.25, 0.3) is 11.0 Å². The van der Waals surface area contributed by atoms with Gasteiger partial charge in [-0.2, -0.15) is 0 Å². The van der Waals surface area contributed by atoms with E-state index in [0.717, 1.165) is 44.1 Å². The fourth-order valence-electron chi connectivity index (χ4n) is 3.41. The van der Waals surface area contributed by atoms with Crippen molar-refractivity contribution in [3.8, 4) is 5.75 Å². The molecule has 28 heavy (non-hydrogen) atoms. The molecular formula is C21H28BrN5O. The molecule has 6 nitrogen and oxygen atoms in total. The molecule has 0 amide bonds. The molecule has 0 unspecified atom stereocenters. The summed E-state index contributed by atoms with van der Waals surface area (Å²) in [6.07, 6.45) is 0. The van der Waals surface area contributed by atoms with Crippen LogP contribution in [0.5, 0.6) is 5.75 Å². The van der Waals surface area contributed by atoms with Crippen LogP contribution in [0.15, 0.2) is 28.7 Å². The average Bonchev–Trinajstić information content (AvgIpc) is 2.98. The first-order chi connectivity index (χ1) is 13.4. The van der Waals surface area contributed by atoms with Crippen molar-refractivity contribution in [3.63, 3.8) is 0 Å². The van der Waals surface area contributed by atoms with Gasteiger partial charge in [-0.1, -0.05) is 35.8 Å². The SMILES string of the molecule is COc1cc(Br)cc(C)c1Nc1nc2c(C(C)C)ccc(NCCN)c2n1C. The van der Waals surface area contributed by atoms with E-state index in [2.05, 4.69) is 63.2 Å². The number of halogens is 1. The van der Waals surface area contributed by atoms with Crippen molar-refractivity contribution in [1.29, 1.82) is 0 Å². The predicted molar refractivity (Wildman–Crippen MR) is 121 cm³/mol. The van der Waals surface area contributed by atoms with Crippen molar-refractivity contribution < 1.29 is 4.74 Å². The summed E-state index contributed by atoms with van der Waals surface area (Å²) in [6.45, 7) is 7.71. The summed E-state index contributed by atoms with van der Waals surface area (Å²) in [5, 5.41) is 6.90. The Labute approximate surface area is 174 Å². The smallest absolute Gasteiger partial charge is 0.208 e. The van der Waals surface area contributed by atoms with Crippen molar-refractivity contribution in [2.45, 2.75) is 26.7 Å². The van der Waals surface area contributed by atoms with Crippen molar-refractivity contribution in [2.75, 3.05) is 30.8 Å². The number of nitrogens with two attached hydrogens (primary N) is 1. The molecule has 0 aliphatic carbocycles. The third-order valence-corrected chi connectivity index (χ3v) is 5.31. The maximum atomic E-state index is 5.69. The number of nitrogens with one attached hydrogen (secondary N) is 2. The number of anilines is 3. The fourth-order valence-corrected chi connectivity index (χ4v) is 3.96. The second-order valence-electron chi connectivity index (χ2n) is 7.19. The van der Waals surface area contributed by atoms with Gasteiger partial charge in [-0.05, 0) is 42.2 Å². The predicted octanol–water partition coefficient (Wildman–Crippen LogP) is 4.89. The molecule has 0 fully saturated rings. The average molecular weight is 446 g/mol. The van der Waals surface area contributed by atoms with Crippen LogP contribution in [-0.2, 0) is 7.05 Å². The Morgan fingerprint density at radius 1 is 1.29 bits per heavy atom. The van der Waals surface area contributed by atoms with Crippen LogP contribution >= 0.6 is 15.9 Å². The molecule has 4 N–H and O–H groups in total. The summed E-state index contributed by atoms with van der Waals surface area (Å²) < 4.78 is 8.64. The molecule has 3 rings (SSSR count). The summed E-state index contributed by atoms with van der Waals surface area (Å²) in [6, 6.07) is 8.27. The maximum absolute atomic E-state index is 5.69. The number of fused-ring (bicyclic) bond motifs is 1. The van der Waals surface area contributed by atoms with Crippen molar-refractivity contribution in [3.05, 3.63) is 39.9 Å². The lowest BCUT2D eigenvalue weighted by Gasteiger charge is -2.15. The zero-order chi connectivity index (χ0) is 20.4. The number of rotatable bonds is 7. The highest BCUT2D eigenvalue weighted by atomic mass is 79.9. The molecule has 0 aliphatic rings. The molecule has 1 aromatic heterocycles. The molecule has 0 spiro atoms. The first-order valence-electron chi connectivity index (χ1n) is 9.41. The van der Waals surface area contributed by atoms with Gasteiger partial charge in [-0.3, -0.25) is 0 Å². The zero-order valence-corrected chi connectivity index (χ0v) is 18.6. The van der Waals surface area contributed by atoms with Gasteiger partial charge in [-0.15, -0.1) is 0 Å². The van der Waals surface area contributed by atoms with Gasteiger partial charge in [-0.25, -0.2) is 4.98 Å². The normalized spacial score (nSPS) is 11.3. The van der Waals surface area contributed by atoms with Gasteiger partial charge in [0.15, 0.2) is 0 Å². The van der Waals surface area contributed by atoms with E-state index in [9.17, 15) is 0 Å². The van der Waals surface area contributed by atoms with Crippen LogP contribution in [0.3, 0.4) is 0 Å². The number of benzene rings is 2. The number of aryl methyl sites for hydroxylation is 2. The van der Waals surface area contributed by atoms with E-state index in [1.54, 1.807) is 7.11 Å². The largest absolute Gasteiger partial charge is 0.495 e. The van der Waals surface area contributed by atoms with E-state index in [4.69, 9.17) is 15.5 Å². The summed E-state index contributed by atoms with van der Waals surface area (Å²) in [7, 11) is 3.70. The second kappa shape index (κ2) is 8.41. The third-order valence-electron chi connectivity index (χ3n) is 4.86. The van der Waals surface area contributed by atoms with Crippen LogP contribution < -0.4 is 21.1 Å². The van der Waals surface area contributed by atoms with Gasteiger partial charge in [0.25, 0.3) is 0 Å². The van der Waals surface area contributed by atoms with E-state index < -0.39 is 0 Å². The van der Waals surface area contributed by atoms with Gasteiger partial charge >= 0.3 is 0 Å². The highest BCUT2D eigenvalue weighted by Gasteiger charge is 2.18. The molecule has 3 aromatic rings. The summed E-state index contributed by atoms with van der Waals surface area (Å²) in [5.41, 5.74) is 12.0. The minimum absolute atomic E-state index is 0.373. The second-order valence-corrected chi connectivity index (χ2v) is 8.10. The van der Waals surface area contributed by atoms with Gasteiger partial charge in [0.05, 0.1) is 29.5 Å². The maximum Gasteiger partial charge on any atom is 0.208 e. The number of hydrogen-bond donors (Lipinski definition) is 3. The molecule has 0 bridgehead atoms. The van der Waals surface area contributed by atoms with E-state index in [-0.39, 0.29) is 0 Å². The molecule has 0 atom stereocenters. The lowest BCUT2D eigenvalue weighted by molar-refractivity contribution is 0.416. The van der Waals surface area contributed by atoms with Gasteiger partial charge < -0.3 is 25.7 Å². The van der Waals surface area contributed by atoms with Crippen LogP contribution in [0.2, 0.25) is 0 Å². The Balaban J connectivity index is 2.15. The standard InChI is InChI=1S/C21H28BrN5O/c1-12(2)15-6-7-16(24-9-8-23)20-19(15)26-21(27(20)4)25-18-13(3)10-14(22)11-17(18)28-5/h6-7,10-12,24H,8-9,23H2,1-5H3,(H,25,26). The lowest BCUT2D eigenvalue weighted by Crippen LogP contribution is -2.14. The van der Waals surface area contributed by atoms with E-state index >= 15 is 0 Å². The van der Waals surface area contributed by atoms with Crippen LogP contribution in [0.1, 0.15) is 30.9 Å². The number of nitrogens with zero attached hydrogens (tertiary/aromatic N) is 2. The van der Waals surface area contributed by atoms with Crippen molar-refractivity contribution in [1.82, 2.24) is 9.55 Å². The van der Waals surface area contributed by atoms with Gasteiger partial charge in [0, 0.05) is 24.6 Å². The quantitative estimate of drug-likeness (QED) is 0.482. The molecule has 150 valence electrons. The van der Waals surface area contributed by atoms with Crippen molar-refractivity contribution >= 4 is 44.3 Å².